The summed E-state index contributed by atoms with van der Waals surface area (Å²) in [6.07, 6.45) is 1.51. The van der Waals surface area contributed by atoms with Gasteiger partial charge in [-0.2, -0.15) is 0 Å². The Morgan fingerprint density at radius 2 is 1.89 bits per heavy atom. The molecule has 0 aromatic heterocycles. The molecule has 1 aromatic carbocycles. The van der Waals surface area contributed by atoms with Crippen LogP contribution in [0.3, 0.4) is 0 Å². The second-order valence-electron chi connectivity index (χ2n) is 7.35. The third-order valence-corrected chi connectivity index (χ3v) is 5.41. The monoisotopic (exact) mass is 383 g/mol. The van der Waals surface area contributed by atoms with Crippen LogP contribution in [0.4, 0.5) is 5.69 Å². The maximum absolute atomic E-state index is 13.2. The molecule has 0 saturated carbocycles. The first-order valence-electron chi connectivity index (χ1n) is 9.26. The molecule has 3 amide bonds. The Balaban J connectivity index is 1.64. The summed E-state index contributed by atoms with van der Waals surface area (Å²) in [5.41, 5.74) is 2.67. The van der Waals surface area contributed by atoms with Crippen LogP contribution in [-0.4, -0.2) is 41.8 Å². The Morgan fingerprint density at radius 1 is 1.14 bits per heavy atom. The predicted octanol–water partition coefficient (Wildman–Crippen LogP) is 0.341. The molecule has 0 aliphatic carbocycles. The van der Waals surface area contributed by atoms with Crippen molar-refractivity contribution in [3.05, 3.63) is 41.7 Å². The van der Waals surface area contributed by atoms with Crippen molar-refractivity contribution in [1.29, 1.82) is 0 Å². The topological polar surface area (TPSA) is 105 Å². The number of nitrogens with zero attached hydrogens (tertiary/aromatic N) is 1. The van der Waals surface area contributed by atoms with E-state index < -0.39 is 24.1 Å². The molecule has 3 atom stereocenters. The molecule has 3 aliphatic heterocycles. The van der Waals surface area contributed by atoms with Gasteiger partial charge in [-0.15, -0.1) is 0 Å². The number of aryl methyl sites for hydroxylation is 1. The number of benzene rings is 1. The molecule has 4 rings (SSSR count). The molecule has 1 saturated heterocycles. The fraction of sp³-hybridized carbons (Fsp3) is 0.400. The minimum atomic E-state index is -0.749. The van der Waals surface area contributed by atoms with E-state index in [4.69, 9.17) is 4.74 Å². The van der Waals surface area contributed by atoms with Crippen LogP contribution in [0.15, 0.2) is 30.5 Å². The summed E-state index contributed by atoms with van der Waals surface area (Å²) in [4.78, 5) is 50.7. The molecule has 2 N–H and O–H groups in total. The molecule has 146 valence electrons. The molecule has 8 nitrogen and oxygen atoms in total. The molecule has 0 radical (unpaired) electrons. The van der Waals surface area contributed by atoms with Crippen molar-refractivity contribution in [1.82, 2.24) is 10.6 Å². The minimum Gasteiger partial charge on any atom is -0.429 e. The molecule has 28 heavy (non-hydrogen) atoms. The largest absolute Gasteiger partial charge is 0.429 e. The number of cyclic esters (lactones) is 1. The average Bonchev–Trinajstić information content (AvgIpc) is 3.13. The van der Waals surface area contributed by atoms with Crippen LogP contribution in [-0.2, 0) is 36.8 Å². The number of amides is 3. The van der Waals surface area contributed by atoms with Crippen molar-refractivity contribution in [3.8, 4) is 0 Å². The number of hydrogen-bond donors (Lipinski definition) is 2. The highest BCUT2D eigenvalue weighted by Gasteiger charge is 2.44. The van der Waals surface area contributed by atoms with Gasteiger partial charge >= 0.3 is 5.97 Å². The summed E-state index contributed by atoms with van der Waals surface area (Å²) in [5, 5.41) is 5.47. The van der Waals surface area contributed by atoms with Crippen molar-refractivity contribution in [2.24, 2.45) is 0 Å². The van der Waals surface area contributed by atoms with Gasteiger partial charge in [0.05, 0.1) is 18.2 Å². The van der Waals surface area contributed by atoms with Gasteiger partial charge in [-0.25, -0.2) is 0 Å². The highest BCUT2D eigenvalue weighted by molar-refractivity contribution is 6.07. The number of rotatable bonds is 3. The van der Waals surface area contributed by atoms with Crippen LogP contribution < -0.4 is 15.5 Å². The van der Waals surface area contributed by atoms with Crippen molar-refractivity contribution in [2.75, 3.05) is 4.90 Å². The van der Waals surface area contributed by atoms with Gasteiger partial charge in [0.1, 0.15) is 17.8 Å². The van der Waals surface area contributed by atoms with Crippen LogP contribution in [0.5, 0.6) is 0 Å². The van der Waals surface area contributed by atoms with Crippen LogP contribution in [0.2, 0.25) is 0 Å². The quantitative estimate of drug-likeness (QED) is 0.733. The van der Waals surface area contributed by atoms with Crippen LogP contribution in [0.25, 0.3) is 0 Å². The fourth-order valence-corrected chi connectivity index (χ4v) is 4.16. The Morgan fingerprint density at radius 3 is 2.57 bits per heavy atom. The summed E-state index contributed by atoms with van der Waals surface area (Å²) >= 11 is 0. The lowest BCUT2D eigenvalue weighted by atomic mass is 10.0. The van der Waals surface area contributed by atoms with E-state index in [9.17, 15) is 19.2 Å². The molecular weight excluding hydrogens is 362 g/mol. The predicted molar refractivity (Wildman–Crippen MR) is 99.1 cm³/mol. The summed E-state index contributed by atoms with van der Waals surface area (Å²) < 4.78 is 4.91. The summed E-state index contributed by atoms with van der Waals surface area (Å²) in [7, 11) is 0. The number of hydrogen-bond acceptors (Lipinski definition) is 5. The lowest BCUT2D eigenvalue weighted by Crippen LogP contribution is -2.55. The Labute approximate surface area is 161 Å². The van der Waals surface area contributed by atoms with Gasteiger partial charge in [-0.3, -0.25) is 24.1 Å². The number of nitrogens with one attached hydrogen (secondary N) is 2. The number of ether oxygens (including phenoxy) is 1. The SMILES string of the molecule is C=C1OC(=O)C[C@@H]1NC(=O)[C@@H]1Cc2cccc3c2N1C(=O)[C@@H](NC(C)=O)CC3. The normalized spacial score (nSPS) is 25.8. The Bertz CT molecular complexity index is 909. The molecule has 0 spiro atoms. The first kappa shape index (κ1) is 18.2. The number of para-hydroxylation sites is 1. The van der Waals surface area contributed by atoms with E-state index >= 15 is 0 Å². The second-order valence-corrected chi connectivity index (χ2v) is 7.35. The molecule has 3 aliphatic rings. The first-order valence-corrected chi connectivity index (χ1v) is 9.26. The van der Waals surface area contributed by atoms with E-state index in [2.05, 4.69) is 17.2 Å². The van der Waals surface area contributed by atoms with Crippen LogP contribution in [0.1, 0.15) is 30.9 Å². The van der Waals surface area contributed by atoms with Gasteiger partial charge < -0.3 is 15.4 Å². The minimum absolute atomic E-state index is 0.0257. The fourth-order valence-electron chi connectivity index (χ4n) is 4.16. The molecular formula is C20H21N3O5. The zero-order valence-corrected chi connectivity index (χ0v) is 15.5. The van der Waals surface area contributed by atoms with E-state index in [0.717, 1.165) is 16.8 Å². The van der Waals surface area contributed by atoms with E-state index in [0.29, 0.717) is 19.3 Å². The van der Waals surface area contributed by atoms with E-state index in [1.165, 1.54) is 11.8 Å². The Hall–Kier alpha value is -3.16. The maximum Gasteiger partial charge on any atom is 0.313 e. The number of carbonyl (C=O) groups excluding carboxylic acids is 4. The molecule has 1 fully saturated rings. The zero-order valence-electron chi connectivity index (χ0n) is 15.5. The first-order chi connectivity index (χ1) is 13.3. The number of esters is 1. The molecule has 8 heteroatoms. The van der Waals surface area contributed by atoms with Crippen LogP contribution >= 0.6 is 0 Å². The van der Waals surface area contributed by atoms with Gasteiger partial charge in [0.15, 0.2) is 0 Å². The van der Waals surface area contributed by atoms with Gasteiger partial charge in [0, 0.05) is 13.3 Å². The smallest absolute Gasteiger partial charge is 0.313 e. The molecule has 3 heterocycles. The lowest BCUT2D eigenvalue weighted by Gasteiger charge is -2.28. The molecule has 0 bridgehead atoms. The second kappa shape index (κ2) is 6.78. The van der Waals surface area contributed by atoms with Crippen molar-refractivity contribution < 1.29 is 23.9 Å². The lowest BCUT2D eigenvalue weighted by molar-refractivity contribution is -0.135. The third-order valence-electron chi connectivity index (χ3n) is 5.41. The standard InChI is InChI=1S/C20H21N3O5/c1-10-15(9-17(25)28-10)22-19(26)16-8-13-5-3-4-12-6-7-14(21-11(2)24)20(27)23(16)18(12)13/h3-5,14-16H,1,6-9H2,2H3,(H,21,24)(H,22,26)/t14-,15-,16-/m0/s1. The van der Waals surface area contributed by atoms with Gasteiger partial charge in [0.2, 0.25) is 17.7 Å². The Kier molecular flexibility index (Phi) is 4.41. The maximum atomic E-state index is 13.2. The van der Waals surface area contributed by atoms with Crippen LogP contribution in [0, 0.1) is 0 Å². The van der Waals surface area contributed by atoms with Crippen molar-refractivity contribution in [2.45, 2.75) is 50.7 Å². The van der Waals surface area contributed by atoms with Gasteiger partial charge in [0.25, 0.3) is 0 Å². The van der Waals surface area contributed by atoms with E-state index in [1.807, 2.05) is 18.2 Å². The van der Waals surface area contributed by atoms with Crippen molar-refractivity contribution >= 4 is 29.4 Å². The summed E-state index contributed by atoms with van der Waals surface area (Å²) in [6.45, 7) is 5.03. The van der Waals surface area contributed by atoms with Gasteiger partial charge in [-0.05, 0) is 24.0 Å². The molecule has 0 unspecified atom stereocenters. The zero-order chi connectivity index (χ0) is 20.0. The van der Waals surface area contributed by atoms with E-state index in [1.54, 1.807) is 0 Å². The average molecular weight is 383 g/mol. The van der Waals surface area contributed by atoms with E-state index in [-0.39, 0.29) is 29.9 Å². The molecule has 1 aromatic rings. The third kappa shape index (κ3) is 3.04. The highest BCUT2D eigenvalue weighted by Crippen LogP contribution is 2.39. The van der Waals surface area contributed by atoms with Gasteiger partial charge in [-0.1, -0.05) is 24.8 Å². The van der Waals surface area contributed by atoms with Crippen molar-refractivity contribution in [3.63, 3.8) is 0 Å². The number of carbonyl (C=O) groups is 4. The number of anilines is 1. The highest BCUT2D eigenvalue weighted by atomic mass is 16.5. The summed E-state index contributed by atoms with van der Waals surface area (Å²) in [5.74, 6) is -1.19. The summed E-state index contributed by atoms with van der Waals surface area (Å²) in [6, 6.07) is 3.74.